The molecule has 0 radical (unpaired) electrons. The lowest BCUT2D eigenvalue weighted by molar-refractivity contribution is -0.132. The molecule has 12 nitrogen and oxygen atoms in total. The van der Waals surface area contributed by atoms with Crippen molar-refractivity contribution in [3.8, 4) is 28.7 Å². The maximum Gasteiger partial charge on any atom is 0.308 e. The van der Waals surface area contributed by atoms with E-state index < -0.39 is 0 Å². The van der Waals surface area contributed by atoms with Crippen LogP contribution in [0.2, 0.25) is 0 Å². The molecule has 0 aliphatic heterocycles. The van der Waals surface area contributed by atoms with E-state index in [4.69, 9.17) is 18.9 Å². The van der Waals surface area contributed by atoms with E-state index in [9.17, 15) is 14.7 Å². The van der Waals surface area contributed by atoms with Crippen LogP contribution in [0.3, 0.4) is 0 Å². The van der Waals surface area contributed by atoms with Crippen molar-refractivity contribution in [3.05, 3.63) is 191 Å². The summed E-state index contributed by atoms with van der Waals surface area (Å²) in [5, 5.41) is 21.2. The van der Waals surface area contributed by atoms with Gasteiger partial charge in [0.2, 0.25) is 5.24 Å². The molecular weight excluding hydrogens is 1270 g/mol. The van der Waals surface area contributed by atoms with E-state index in [-0.39, 0.29) is 11.2 Å². The normalized spacial score (nSPS) is 17.5. The van der Waals surface area contributed by atoms with Gasteiger partial charge >= 0.3 is 5.97 Å². The number of benzene rings is 5. The number of thiophene rings is 2. The fourth-order valence-corrected chi connectivity index (χ4v) is 15.6. The molecule has 526 valence electrons. The highest BCUT2D eigenvalue weighted by molar-refractivity contribution is 7.10. The Labute approximate surface area is 595 Å². The topological polar surface area (TPSA) is 134 Å². The first-order valence-corrected chi connectivity index (χ1v) is 38.1. The lowest BCUT2D eigenvalue weighted by atomic mass is 9.86. The number of carbonyl (C=O) groups excluding carboxylic acids is 2. The average Bonchev–Trinajstić information content (AvgIpc) is 0.978. The molecule has 3 N–H and O–H groups in total. The summed E-state index contributed by atoms with van der Waals surface area (Å²) in [5.74, 6) is 4.14. The molecule has 5 aliphatic carbocycles. The Balaban J connectivity index is 0.000000170. The molecule has 0 amide bonds. The van der Waals surface area contributed by atoms with Crippen LogP contribution in [0.5, 0.6) is 28.7 Å². The monoisotopic (exact) mass is 1380 g/mol. The third-order valence-electron chi connectivity index (χ3n) is 18.8. The van der Waals surface area contributed by atoms with Gasteiger partial charge in [0.05, 0.1) is 21.3 Å². The van der Waals surface area contributed by atoms with Crippen LogP contribution in [0.15, 0.2) is 131 Å². The van der Waals surface area contributed by atoms with Crippen LogP contribution in [-0.2, 0) is 86.9 Å². The molecule has 0 saturated carbocycles. The number of nitrogens with one attached hydrogen (secondary N) is 2. The number of rotatable bonds is 22. The standard InChI is InChI=1S/C20H25NO2S.C18H23NOS.2C14H21NO.C14H19NO.C2H3ClO/c1-3-11-21(14-18-7-5-12-24-18)17-9-10-19-16(13-17)6-4-8-20(19)23-15(2)22;1-2-10-19(13-16-6-4-11-21-16)15-8-9-17-14(12-15)5-3-7-18(17)20;3*1-3-9-15-12-7-8-13-11(10-12)5-4-6-14(13)16-2;1-2(3)4/h4-8,12,17H,3,9-11,13-14H2,1-2H3;3-7,11,15,20H,2,8-10,12-13H2,1H3;2*4-6,12,15H,3,7-10H2,1-2H3;4-6H,3,7-10H2,1-2H3;1H3. The second-order valence-electron chi connectivity index (χ2n) is 26.0. The van der Waals surface area contributed by atoms with Crippen LogP contribution in [0, 0.1) is 0 Å². The Morgan fingerprint density at radius 1 is 0.505 bits per heavy atom. The maximum absolute atomic E-state index is 11.3. The molecule has 5 aromatic carbocycles. The van der Waals surface area contributed by atoms with E-state index in [0.29, 0.717) is 29.9 Å². The maximum atomic E-state index is 11.3. The van der Waals surface area contributed by atoms with E-state index in [1.165, 1.54) is 123 Å². The van der Waals surface area contributed by atoms with E-state index in [1.54, 1.807) is 21.3 Å². The van der Waals surface area contributed by atoms with Gasteiger partial charge in [0.1, 0.15) is 28.7 Å². The highest BCUT2D eigenvalue weighted by Gasteiger charge is 2.29. The number of halogens is 1. The van der Waals surface area contributed by atoms with Gasteiger partial charge in [-0.25, -0.2) is 0 Å². The summed E-state index contributed by atoms with van der Waals surface area (Å²) in [5.41, 5.74) is 14.9. The molecule has 12 rings (SSSR count). The summed E-state index contributed by atoms with van der Waals surface area (Å²) in [6.45, 7) is 21.5. The summed E-state index contributed by atoms with van der Waals surface area (Å²) in [7, 11) is 5.27. The molecule has 0 bridgehead atoms. The molecule has 2 heterocycles. The molecule has 7 aromatic rings. The predicted octanol–water partition coefficient (Wildman–Crippen LogP) is 17.6. The van der Waals surface area contributed by atoms with Gasteiger partial charge in [-0.05, 0) is 269 Å². The number of fused-ring (bicyclic) bond motifs is 5. The second-order valence-corrected chi connectivity index (χ2v) is 28.6. The number of aromatic hydroxyl groups is 1. The Bertz CT molecular complexity index is 3410. The summed E-state index contributed by atoms with van der Waals surface area (Å²) >= 11 is 8.32. The third kappa shape index (κ3) is 24.8. The third-order valence-corrected chi connectivity index (χ3v) is 20.5. The number of ether oxygens (including phenoxy) is 4. The number of aliphatic imine (C=N–C) groups is 1. The van der Waals surface area contributed by atoms with Gasteiger partial charge in [0.25, 0.3) is 0 Å². The van der Waals surface area contributed by atoms with Crippen LogP contribution in [0.1, 0.15) is 178 Å². The Morgan fingerprint density at radius 3 is 1.35 bits per heavy atom. The minimum atomic E-state index is -0.361. The second kappa shape index (κ2) is 42.6. The Kier molecular flexibility index (Phi) is 34.2. The lowest BCUT2D eigenvalue weighted by Gasteiger charge is -2.35. The fraction of sp³-hybridized carbons (Fsp3) is 0.500. The van der Waals surface area contributed by atoms with Crippen LogP contribution < -0.4 is 29.6 Å². The zero-order valence-electron chi connectivity index (χ0n) is 60.0. The van der Waals surface area contributed by atoms with Gasteiger partial charge in [-0.2, -0.15) is 0 Å². The smallest absolute Gasteiger partial charge is 0.308 e. The minimum Gasteiger partial charge on any atom is -0.508 e. The molecule has 0 spiro atoms. The number of esters is 1. The molecule has 4 atom stereocenters. The first-order valence-electron chi connectivity index (χ1n) is 35.9. The van der Waals surface area contributed by atoms with Crippen molar-refractivity contribution in [1.82, 2.24) is 20.4 Å². The number of methoxy groups -OCH3 is 3. The zero-order valence-corrected chi connectivity index (χ0v) is 62.3. The lowest BCUT2D eigenvalue weighted by Crippen LogP contribution is -2.39. The number of phenolic OH excluding ortho intramolecular Hbond substituents is 1. The van der Waals surface area contributed by atoms with Gasteiger partial charge in [-0.15, -0.1) is 22.7 Å². The average molecular weight is 1380 g/mol. The molecule has 2 aromatic heterocycles. The highest BCUT2D eigenvalue weighted by atomic mass is 35.5. The van der Waals surface area contributed by atoms with Crippen LogP contribution >= 0.6 is 34.3 Å². The number of phenols is 1. The molecule has 5 aliphatic rings. The van der Waals surface area contributed by atoms with E-state index in [1.807, 2.05) is 53.0 Å². The first kappa shape index (κ1) is 78.0. The first-order chi connectivity index (χ1) is 47.2. The van der Waals surface area contributed by atoms with Gasteiger partial charge in [0, 0.05) is 79.5 Å². The minimum absolute atomic E-state index is 0.240. The van der Waals surface area contributed by atoms with Crippen molar-refractivity contribution in [2.24, 2.45) is 4.99 Å². The van der Waals surface area contributed by atoms with E-state index >= 15 is 0 Å². The van der Waals surface area contributed by atoms with Crippen LogP contribution in [0.4, 0.5) is 0 Å². The fourth-order valence-electron chi connectivity index (χ4n) is 14.2. The molecule has 97 heavy (non-hydrogen) atoms. The molecule has 4 unspecified atom stereocenters. The summed E-state index contributed by atoms with van der Waals surface area (Å²) in [6.07, 6.45) is 22.5. The summed E-state index contributed by atoms with van der Waals surface area (Å²) in [6, 6.07) is 42.4. The SMILES string of the molecule is CC(=O)Cl.CCCN(Cc1cccs1)C1CCc2c(O)cccc2C1.CCCN(Cc1cccs1)C1CCc2c(cccc2OC(C)=O)C1.CCCN=C1CCc2c(cccc2OC)C1.CCCNC1CCc2c(cccc2OC)C1.CCCNC1CCc2c(cccc2OC)C1. The van der Waals surface area contributed by atoms with Crippen molar-refractivity contribution in [2.75, 3.05) is 54.1 Å². The summed E-state index contributed by atoms with van der Waals surface area (Å²) < 4.78 is 21.6. The number of hydrogen-bond donors (Lipinski definition) is 3. The van der Waals surface area contributed by atoms with E-state index in [2.05, 4.69) is 167 Å². The van der Waals surface area contributed by atoms with Gasteiger partial charge < -0.3 is 34.7 Å². The molecular formula is C82H112ClN5O7S2. The van der Waals surface area contributed by atoms with Crippen molar-refractivity contribution in [1.29, 1.82) is 0 Å². The largest absolute Gasteiger partial charge is 0.508 e. The number of hydrogen-bond acceptors (Lipinski definition) is 14. The Morgan fingerprint density at radius 2 is 0.918 bits per heavy atom. The Hall–Kier alpha value is -6.36. The van der Waals surface area contributed by atoms with Gasteiger partial charge in [0.15, 0.2) is 0 Å². The van der Waals surface area contributed by atoms with Crippen molar-refractivity contribution < 1.29 is 33.6 Å². The molecule has 15 heteroatoms. The van der Waals surface area contributed by atoms with Gasteiger partial charge in [-0.1, -0.05) is 107 Å². The molecule has 0 saturated heterocycles. The number of carbonyl (C=O) groups is 2. The van der Waals surface area contributed by atoms with Crippen LogP contribution in [-0.4, -0.2) is 110 Å². The van der Waals surface area contributed by atoms with Gasteiger partial charge in [-0.3, -0.25) is 24.4 Å². The van der Waals surface area contributed by atoms with Crippen LogP contribution in [0.25, 0.3) is 0 Å². The highest BCUT2D eigenvalue weighted by Crippen LogP contribution is 2.36. The predicted molar refractivity (Wildman–Crippen MR) is 406 cm³/mol. The zero-order chi connectivity index (χ0) is 69.3. The number of nitrogens with zero attached hydrogens (tertiary/aromatic N) is 3. The van der Waals surface area contributed by atoms with E-state index in [0.717, 1.165) is 159 Å². The van der Waals surface area contributed by atoms with Crippen molar-refractivity contribution >= 4 is 51.2 Å². The molecule has 0 fully saturated rings. The van der Waals surface area contributed by atoms with Crippen molar-refractivity contribution in [3.63, 3.8) is 0 Å². The van der Waals surface area contributed by atoms with Crippen molar-refractivity contribution in [2.45, 2.75) is 214 Å². The summed E-state index contributed by atoms with van der Waals surface area (Å²) in [4.78, 5) is 33.3. The quantitative estimate of drug-likeness (QED) is 0.0340.